The zero-order valence-electron chi connectivity index (χ0n) is 20.3. The van der Waals surface area contributed by atoms with Gasteiger partial charge in [0.25, 0.3) is 5.91 Å². The molecule has 1 aliphatic rings. The van der Waals surface area contributed by atoms with Crippen LogP contribution >= 0.6 is 22.9 Å². The first kappa shape index (κ1) is 26.0. The average Bonchev–Trinajstić information content (AvgIpc) is 3.39. The van der Waals surface area contributed by atoms with Crippen LogP contribution in [0.1, 0.15) is 26.8 Å². The number of amides is 2. The number of hydrogen-bond donors (Lipinski definition) is 0. The second-order valence-electron chi connectivity index (χ2n) is 8.37. The molecule has 1 atom stereocenters. The van der Waals surface area contributed by atoms with E-state index >= 15 is 0 Å². The van der Waals surface area contributed by atoms with Gasteiger partial charge < -0.3 is 24.0 Å². The summed E-state index contributed by atoms with van der Waals surface area (Å²) in [6, 6.07) is 15.9. The average molecular weight is 529 g/mol. The Hall–Kier alpha value is -3.07. The number of benzene rings is 2. The third-order valence-electron chi connectivity index (χ3n) is 6.13. The lowest BCUT2D eigenvalue weighted by Crippen LogP contribution is -2.48. The third-order valence-corrected chi connectivity index (χ3v) is 7.38. The van der Waals surface area contributed by atoms with Crippen molar-refractivity contribution < 1.29 is 23.8 Å². The van der Waals surface area contributed by atoms with Crippen LogP contribution in [-0.4, -0.2) is 68.7 Å². The number of ether oxygens (including phenoxy) is 3. The molecule has 190 valence electrons. The first-order valence-electron chi connectivity index (χ1n) is 11.7. The van der Waals surface area contributed by atoms with E-state index in [9.17, 15) is 9.59 Å². The van der Waals surface area contributed by atoms with Gasteiger partial charge >= 0.3 is 0 Å². The van der Waals surface area contributed by atoms with Crippen LogP contribution in [0, 0.1) is 0 Å². The molecule has 0 bridgehead atoms. The molecule has 0 spiro atoms. The molecule has 9 heteroatoms. The lowest BCUT2D eigenvalue weighted by Gasteiger charge is -2.37. The lowest BCUT2D eigenvalue weighted by atomic mass is 10.0. The molecular formula is C27H29ClN2O5S. The minimum atomic E-state index is -0.251. The second-order valence-corrected chi connectivity index (χ2v) is 9.81. The Morgan fingerprint density at radius 3 is 2.67 bits per heavy atom. The van der Waals surface area contributed by atoms with Gasteiger partial charge in [0.1, 0.15) is 24.7 Å². The molecule has 0 aliphatic carbocycles. The molecular weight excluding hydrogens is 500 g/mol. The smallest absolute Gasteiger partial charge is 0.254 e. The number of rotatable bonds is 10. The third kappa shape index (κ3) is 6.19. The van der Waals surface area contributed by atoms with E-state index < -0.39 is 0 Å². The van der Waals surface area contributed by atoms with E-state index in [0.29, 0.717) is 48.4 Å². The highest BCUT2D eigenvalue weighted by Crippen LogP contribution is 2.34. The maximum Gasteiger partial charge on any atom is 0.254 e. The van der Waals surface area contributed by atoms with Gasteiger partial charge in [-0.2, -0.15) is 0 Å². The highest BCUT2D eigenvalue weighted by Gasteiger charge is 2.33. The van der Waals surface area contributed by atoms with Gasteiger partial charge in [0.05, 0.1) is 19.8 Å². The molecule has 7 nitrogen and oxygen atoms in total. The van der Waals surface area contributed by atoms with Crippen LogP contribution in [0.3, 0.4) is 0 Å². The number of thiophene rings is 1. The van der Waals surface area contributed by atoms with Gasteiger partial charge in [-0.3, -0.25) is 9.59 Å². The molecule has 1 aromatic heterocycles. The number of hydrogen-bond acceptors (Lipinski definition) is 6. The molecule has 0 fully saturated rings. The van der Waals surface area contributed by atoms with Gasteiger partial charge in [-0.1, -0.05) is 17.7 Å². The Kier molecular flexibility index (Phi) is 8.85. The number of carbonyl (C=O) groups excluding carboxylic acids is 2. The summed E-state index contributed by atoms with van der Waals surface area (Å²) >= 11 is 7.69. The minimum absolute atomic E-state index is 0.0592. The van der Waals surface area contributed by atoms with Gasteiger partial charge in [0.2, 0.25) is 5.91 Å². The number of carbonyl (C=O) groups is 2. The van der Waals surface area contributed by atoms with Crippen LogP contribution in [-0.2, 0) is 16.0 Å². The Morgan fingerprint density at radius 1 is 1.11 bits per heavy atom. The van der Waals surface area contributed by atoms with Crippen molar-refractivity contribution in [3.05, 3.63) is 81.0 Å². The van der Waals surface area contributed by atoms with Crippen LogP contribution in [0.25, 0.3) is 0 Å². The summed E-state index contributed by atoms with van der Waals surface area (Å²) in [6.45, 7) is 1.42. The van der Waals surface area contributed by atoms with Crippen LogP contribution in [0.15, 0.2) is 60.0 Å². The van der Waals surface area contributed by atoms with Crippen molar-refractivity contribution in [2.45, 2.75) is 12.5 Å². The van der Waals surface area contributed by atoms with Gasteiger partial charge in [-0.15, -0.1) is 11.3 Å². The highest BCUT2D eigenvalue weighted by molar-refractivity contribution is 7.10. The molecule has 3 aromatic rings. The van der Waals surface area contributed by atoms with Crippen molar-refractivity contribution in [2.75, 3.05) is 47.1 Å². The molecule has 0 saturated carbocycles. The zero-order chi connectivity index (χ0) is 25.5. The topological polar surface area (TPSA) is 68.3 Å². The van der Waals surface area contributed by atoms with Crippen molar-refractivity contribution in [1.82, 2.24) is 9.80 Å². The molecule has 1 aliphatic heterocycles. The summed E-state index contributed by atoms with van der Waals surface area (Å²) < 4.78 is 16.5. The fourth-order valence-electron chi connectivity index (χ4n) is 4.23. The Labute approximate surface area is 220 Å². The second kappa shape index (κ2) is 12.3. The lowest BCUT2D eigenvalue weighted by molar-refractivity contribution is -0.135. The predicted octanol–water partition coefficient (Wildman–Crippen LogP) is 4.70. The fourth-order valence-corrected chi connectivity index (χ4v) is 5.28. The van der Waals surface area contributed by atoms with E-state index in [2.05, 4.69) is 6.07 Å². The normalized spacial score (nSPS) is 14.8. The molecule has 1 unspecified atom stereocenters. The highest BCUT2D eigenvalue weighted by atomic mass is 35.5. The fraction of sp³-hybridized carbons (Fsp3) is 0.333. The van der Waals surface area contributed by atoms with Gasteiger partial charge in [-0.05, 0) is 65.9 Å². The summed E-state index contributed by atoms with van der Waals surface area (Å²) in [7, 11) is 3.12. The molecule has 4 rings (SSSR count). The Morgan fingerprint density at radius 2 is 1.92 bits per heavy atom. The van der Waals surface area contributed by atoms with Crippen molar-refractivity contribution in [2.24, 2.45) is 0 Å². The van der Waals surface area contributed by atoms with E-state index in [-0.39, 0.29) is 24.4 Å². The quantitative estimate of drug-likeness (QED) is 0.381. The van der Waals surface area contributed by atoms with Crippen molar-refractivity contribution in [3.8, 4) is 11.5 Å². The monoisotopic (exact) mass is 528 g/mol. The summed E-state index contributed by atoms with van der Waals surface area (Å²) in [6.07, 6.45) is 0.776. The summed E-state index contributed by atoms with van der Waals surface area (Å²) in [5.41, 5.74) is 1.55. The van der Waals surface area contributed by atoms with E-state index in [4.69, 9.17) is 25.8 Å². The van der Waals surface area contributed by atoms with Crippen molar-refractivity contribution >= 4 is 34.8 Å². The zero-order valence-corrected chi connectivity index (χ0v) is 21.9. The molecule has 0 N–H and O–H groups in total. The van der Waals surface area contributed by atoms with E-state index in [1.807, 2.05) is 22.4 Å². The van der Waals surface area contributed by atoms with E-state index in [0.717, 1.165) is 12.0 Å². The minimum Gasteiger partial charge on any atom is -0.497 e. The SMILES string of the molecule is COCCN(CC(=O)N1CCc2sccc2C1COc1ccc(Cl)cc1)C(=O)c1cccc(OC)c1. The van der Waals surface area contributed by atoms with Crippen LogP contribution < -0.4 is 9.47 Å². The molecule has 2 amide bonds. The van der Waals surface area contributed by atoms with Crippen LogP contribution in [0.5, 0.6) is 11.5 Å². The predicted molar refractivity (Wildman–Crippen MR) is 140 cm³/mol. The summed E-state index contributed by atoms with van der Waals surface area (Å²) in [4.78, 5) is 31.6. The first-order chi connectivity index (χ1) is 17.5. The number of halogens is 1. The number of fused-ring (bicyclic) bond motifs is 1. The van der Waals surface area contributed by atoms with Crippen molar-refractivity contribution in [1.29, 1.82) is 0 Å². The molecule has 0 saturated heterocycles. The molecule has 36 heavy (non-hydrogen) atoms. The summed E-state index contributed by atoms with van der Waals surface area (Å²) in [5, 5.41) is 2.68. The maximum atomic E-state index is 13.6. The Bertz CT molecular complexity index is 1180. The van der Waals surface area contributed by atoms with Gasteiger partial charge in [0.15, 0.2) is 0 Å². The Balaban J connectivity index is 1.52. The van der Waals surface area contributed by atoms with Crippen molar-refractivity contribution in [3.63, 3.8) is 0 Å². The molecule has 2 aromatic carbocycles. The van der Waals surface area contributed by atoms with Gasteiger partial charge in [0, 0.05) is 35.7 Å². The standard InChI is InChI=1S/C27H29ClN2O5S/c1-33-14-13-29(27(32)19-4-3-5-22(16-19)34-2)17-26(31)30-12-10-25-23(11-15-36-25)24(30)18-35-21-8-6-20(28)7-9-21/h3-9,11,15-16,24H,10,12-14,17-18H2,1-2H3. The largest absolute Gasteiger partial charge is 0.497 e. The number of nitrogens with zero attached hydrogens (tertiary/aromatic N) is 2. The number of methoxy groups -OCH3 is 2. The molecule has 0 radical (unpaired) electrons. The maximum absolute atomic E-state index is 13.6. The first-order valence-corrected chi connectivity index (χ1v) is 12.9. The van der Waals surface area contributed by atoms with E-state index in [1.54, 1.807) is 62.0 Å². The van der Waals surface area contributed by atoms with E-state index in [1.165, 1.54) is 9.78 Å². The van der Waals surface area contributed by atoms with Crippen LogP contribution in [0.4, 0.5) is 0 Å². The molecule has 2 heterocycles. The van der Waals surface area contributed by atoms with Crippen LogP contribution in [0.2, 0.25) is 5.02 Å². The van der Waals surface area contributed by atoms with Gasteiger partial charge in [-0.25, -0.2) is 0 Å². The summed E-state index contributed by atoms with van der Waals surface area (Å²) in [5.74, 6) is 0.883.